The second-order valence-corrected chi connectivity index (χ2v) is 10.6. The fourth-order valence-corrected chi connectivity index (χ4v) is 5.12. The zero-order valence-electron chi connectivity index (χ0n) is 25.5. The van der Waals surface area contributed by atoms with E-state index < -0.39 is 86.5 Å². The molecule has 262 valence electrons. The highest BCUT2D eigenvalue weighted by atomic mass is 19.4. The van der Waals surface area contributed by atoms with E-state index in [-0.39, 0.29) is 28.7 Å². The number of rotatable bonds is 9. The Morgan fingerprint density at radius 1 is 0.620 bits per heavy atom. The molecule has 0 saturated carbocycles. The maximum absolute atomic E-state index is 14.6. The molecule has 6 N–H and O–H groups in total. The van der Waals surface area contributed by atoms with E-state index in [0.717, 1.165) is 37.3 Å². The molecule has 0 aliphatic heterocycles. The first-order valence-electron chi connectivity index (χ1n) is 14.0. The van der Waals surface area contributed by atoms with Gasteiger partial charge in [-0.05, 0) is 78.2 Å². The lowest BCUT2D eigenvalue weighted by Gasteiger charge is -2.38. The Balaban J connectivity index is 1.75. The number of hydrogen-bond acceptors (Lipinski definition) is 7. The van der Waals surface area contributed by atoms with Crippen LogP contribution in [0.25, 0.3) is 0 Å². The van der Waals surface area contributed by atoms with Crippen molar-refractivity contribution in [3.8, 4) is 23.0 Å². The van der Waals surface area contributed by atoms with E-state index in [2.05, 4.69) is 5.32 Å². The zero-order valence-corrected chi connectivity index (χ0v) is 25.5. The summed E-state index contributed by atoms with van der Waals surface area (Å²) in [5.74, 6) is -7.24. The molecule has 0 unspecified atom stereocenters. The Hall–Kier alpha value is -6.26. The Morgan fingerprint density at radius 3 is 1.52 bits per heavy atom. The molecule has 0 heterocycles. The Bertz CT molecular complexity index is 2010. The number of aromatic carboxylic acids is 2. The van der Waals surface area contributed by atoms with Crippen LogP contribution in [0.15, 0.2) is 72.8 Å². The first-order chi connectivity index (χ1) is 23.2. The molecule has 50 heavy (non-hydrogen) atoms. The molecule has 4 aromatic carbocycles. The number of carbonyl (C=O) groups is 4. The number of carbonyl (C=O) groups excluding carboxylic acids is 2. The van der Waals surface area contributed by atoms with Gasteiger partial charge in [-0.1, -0.05) is 18.2 Å². The average molecular weight is 707 g/mol. The third-order valence-electron chi connectivity index (χ3n) is 7.55. The van der Waals surface area contributed by atoms with Crippen molar-refractivity contribution in [3.05, 3.63) is 112 Å². The fraction of sp³-hybridized carbons (Fsp3) is 0.152. The van der Waals surface area contributed by atoms with E-state index in [1.54, 1.807) is 0 Å². The van der Waals surface area contributed by atoms with Crippen LogP contribution in [0.2, 0.25) is 0 Å². The van der Waals surface area contributed by atoms with Gasteiger partial charge in [0, 0.05) is 7.05 Å². The quantitative estimate of drug-likeness (QED) is 0.0823. The van der Waals surface area contributed by atoms with Gasteiger partial charge in [-0.15, -0.1) is 0 Å². The molecule has 2 amide bonds. The summed E-state index contributed by atoms with van der Waals surface area (Å²) in [6.07, 6.45) is -12.1. The van der Waals surface area contributed by atoms with Crippen molar-refractivity contribution in [2.24, 2.45) is 0 Å². The highest BCUT2D eigenvalue weighted by Crippen LogP contribution is 2.57. The largest absolute Gasteiger partial charge is 0.508 e. The third-order valence-corrected chi connectivity index (χ3v) is 7.55. The molecule has 0 radical (unpaired) electrons. The van der Waals surface area contributed by atoms with E-state index in [1.807, 2.05) is 5.32 Å². The normalized spacial score (nSPS) is 11.8. The van der Waals surface area contributed by atoms with E-state index in [4.69, 9.17) is 4.74 Å². The van der Waals surface area contributed by atoms with Crippen molar-refractivity contribution in [2.45, 2.75) is 24.7 Å². The molecule has 4 aromatic rings. The molecule has 0 atom stereocenters. The number of carboxylic acid groups (broad SMARTS) is 2. The van der Waals surface area contributed by atoms with Gasteiger partial charge in [0.15, 0.2) is 0 Å². The van der Waals surface area contributed by atoms with Crippen molar-refractivity contribution in [1.29, 1.82) is 0 Å². The number of alkyl halides is 6. The zero-order chi connectivity index (χ0) is 37.3. The van der Waals surface area contributed by atoms with Crippen LogP contribution >= 0.6 is 0 Å². The number of carboxylic acids is 2. The Labute approximate surface area is 277 Å². The summed E-state index contributed by atoms with van der Waals surface area (Å²) < 4.78 is 93.4. The minimum absolute atomic E-state index is 0.160. The molecule has 4 rings (SSSR count). The molecule has 0 fully saturated rings. The number of phenolic OH excluding ortho intramolecular Hbond substituents is 2. The van der Waals surface area contributed by atoms with Gasteiger partial charge in [-0.25, -0.2) is 9.59 Å². The first-order valence-corrected chi connectivity index (χ1v) is 14.0. The van der Waals surface area contributed by atoms with E-state index in [9.17, 15) is 65.9 Å². The van der Waals surface area contributed by atoms with Crippen molar-refractivity contribution in [2.75, 3.05) is 12.4 Å². The van der Waals surface area contributed by atoms with Gasteiger partial charge in [-0.2, -0.15) is 26.3 Å². The number of benzene rings is 4. The van der Waals surface area contributed by atoms with Crippen LogP contribution in [0.5, 0.6) is 23.0 Å². The number of nitrogens with one attached hydrogen (secondary N) is 2. The molecule has 0 bridgehead atoms. The highest BCUT2D eigenvalue weighted by molar-refractivity contribution is 6.11. The minimum Gasteiger partial charge on any atom is -0.508 e. The predicted octanol–water partition coefficient (Wildman–Crippen LogP) is 6.62. The summed E-state index contributed by atoms with van der Waals surface area (Å²) in [7, 11) is 1.28. The number of amides is 2. The van der Waals surface area contributed by atoms with Crippen molar-refractivity contribution < 1.29 is 70.7 Å². The van der Waals surface area contributed by atoms with Crippen LogP contribution < -0.4 is 15.4 Å². The standard InChI is InChI=1S/C33H24F6N2O9/c1-15-11-16(3-9-25(15)42)31(32(34,35)36,33(37,38)39)17-4-10-26(43)24(12-17)41-28(45)21-8-6-19(14-23(21)30(48)49)50-18-5-7-20(27(44)40-2)22(13-18)29(46)47/h3-14,42-43H,1-2H3,(H,40,44)(H,41,45)(H,46,47)(H,48,49). The fourth-order valence-electron chi connectivity index (χ4n) is 5.12. The lowest BCUT2D eigenvalue weighted by atomic mass is 9.72. The molecule has 0 spiro atoms. The second kappa shape index (κ2) is 13.3. The predicted molar refractivity (Wildman–Crippen MR) is 162 cm³/mol. The summed E-state index contributed by atoms with van der Waals surface area (Å²) in [5.41, 5.74) is -10.8. The average Bonchev–Trinajstić information content (AvgIpc) is 3.02. The molecular weight excluding hydrogens is 682 g/mol. The van der Waals surface area contributed by atoms with Crippen LogP contribution in [0, 0.1) is 6.92 Å². The van der Waals surface area contributed by atoms with Gasteiger partial charge in [0.2, 0.25) is 5.41 Å². The molecule has 0 aromatic heterocycles. The van der Waals surface area contributed by atoms with Gasteiger partial charge in [0.25, 0.3) is 11.8 Å². The third kappa shape index (κ3) is 6.69. The van der Waals surface area contributed by atoms with Crippen LogP contribution in [0.4, 0.5) is 32.0 Å². The molecular formula is C33H24F6N2O9. The number of phenols is 2. The lowest BCUT2D eigenvalue weighted by Crippen LogP contribution is -2.54. The minimum atomic E-state index is -6.05. The molecule has 0 aliphatic rings. The Morgan fingerprint density at radius 2 is 1.08 bits per heavy atom. The number of aromatic hydroxyl groups is 2. The summed E-state index contributed by atoms with van der Waals surface area (Å²) >= 11 is 0. The van der Waals surface area contributed by atoms with Crippen molar-refractivity contribution >= 4 is 29.4 Å². The number of aryl methyl sites for hydroxylation is 1. The van der Waals surface area contributed by atoms with Crippen LogP contribution in [-0.4, -0.2) is 63.6 Å². The molecule has 0 saturated heterocycles. The second-order valence-electron chi connectivity index (χ2n) is 10.6. The van der Waals surface area contributed by atoms with Gasteiger partial charge < -0.3 is 35.8 Å². The number of ether oxygens (including phenoxy) is 1. The highest BCUT2D eigenvalue weighted by Gasteiger charge is 2.72. The maximum Gasteiger partial charge on any atom is 0.411 e. The Kier molecular flexibility index (Phi) is 9.75. The van der Waals surface area contributed by atoms with E-state index >= 15 is 0 Å². The van der Waals surface area contributed by atoms with Crippen molar-refractivity contribution in [3.63, 3.8) is 0 Å². The van der Waals surface area contributed by atoms with Gasteiger partial charge >= 0.3 is 24.3 Å². The molecule has 0 aliphatic carbocycles. The van der Waals surface area contributed by atoms with Crippen LogP contribution in [0.1, 0.15) is 58.1 Å². The number of anilines is 1. The lowest BCUT2D eigenvalue weighted by molar-refractivity contribution is -0.288. The summed E-state index contributed by atoms with van der Waals surface area (Å²) in [6, 6.07) is 8.78. The van der Waals surface area contributed by atoms with Gasteiger partial charge in [-0.3, -0.25) is 9.59 Å². The summed E-state index contributed by atoms with van der Waals surface area (Å²) in [6.45, 7) is 1.09. The first kappa shape index (κ1) is 36.6. The summed E-state index contributed by atoms with van der Waals surface area (Å²) in [5, 5.41) is 43.6. The topological polar surface area (TPSA) is 182 Å². The monoisotopic (exact) mass is 706 g/mol. The molecule has 17 heteroatoms. The van der Waals surface area contributed by atoms with E-state index in [0.29, 0.717) is 30.3 Å². The number of hydrogen-bond donors (Lipinski definition) is 6. The van der Waals surface area contributed by atoms with Crippen LogP contribution in [-0.2, 0) is 5.41 Å². The van der Waals surface area contributed by atoms with Gasteiger partial charge in [0.1, 0.15) is 23.0 Å². The summed E-state index contributed by atoms with van der Waals surface area (Å²) in [4.78, 5) is 48.9. The number of halogens is 6. The van der Waals surface area contributed by atoms with Crippen LogP contribution in [0.3, 0.4) is 0 Å². The maximum atomic E-state index is 14.6. The molecule has 11 nitrogen and oxygen atoms in total. The van der Waals surface area contributed by atoms with E-state index in [1.165, 1.54) is 13.1 Å². The SMILES string of the molecule is CNC(=O)c1ccc(Oc2ccc(C(=O)Nc3cc(C(c4ccc(O)c(C)c4)(C(F)(F)F)C(F)(F)F)ccc3O)c(C(=O)O)c2)cc1C(=O)O. The van der Waals surface area contributed by atoms with Crippen molar-refractivity contribution in [1.82, 2.24) is 5.32 Å². The smallest absolute Gasteiger partial charge is 0.411 e. The van der Waals surface area contributed by atoms with Gasteiger partial charge in [0.05, 0.1) is 27.9 Å².